The van der Waals surface area contributed by atoms with Gasteiger partial charge in [-0.1, -0.05) is 34.6 Å². The molecule has 0 aromatic carbocycles. The van der Waals surface area contributed by atoms with Crippen molar-refractivity contribution in [2.45, 2.75) is 72.8 Å². The zero-order chi connectivity index (χ0) is 15.5. The van der Waals surface area contributed by atoms with Crippen molar-refractivity contribution < 1.29 is 0 Å². The molecular weight excluding hydrogens is 256 g/mol. The lowest BCUT2D eigenvalue weighted by Gasteiger charge is -2.45. The maximum absolute atomic E-state index is 3.87. The lowest BCUT2D eigenvalue weighted by molar-refractivity contribution is 0.0564. The molecule has 0 radical (unpaired) electrons. The Hall–Kier alpha value is -0.0800. The smallest absolute Gasteiger partial charge is 0.0113 e. The van der Waals surface area contributed by atoms with Gasteiger partial charge >= 0.3 is 0 Å². The number of nitrogens with zero attached hydrogens (tertiary/aromatic N) is 1. The maximum Gasteiger partial charge on any atom is 0.0113 e. The van der Waals surface area contributed by atoms with E-state index in [1.165, 1.54) is 58.3 Å². The molecule has 1 aliphatic carbocycles. The molecule has 0 amide bonds. The minimum Gasteiger partial charge on any atom is -0.314 e. The van der Waals surface area contributed by atoms with Crippen LogP contribution in [-0.2, 0) is 0 Å². The van der Waals surface area contributed by atoms with Crippen molar-refractivity contribution in [3.8, 4) is 0 Å². The van der Waals surface area contributed by atoms with Crippen molar-refractivity contribution in [1.29, 1.82) is 0 Å². The van der Waals surface area contributed by atoms with Crippen LogP contribution in [0.5, 0.6) is 0 Å². The Morgan fingerprint density at radius 3 is 2.62 bits per heavy atom. The van der Waals surface area contributed by atoms with Crippen LogP contribution in [0.15, 0.2) is 0 Å². The number of nitrogens with one attached hydrogen (secondary N) is 1. The molecule has 2 rings (SSSR count). The summed E-state index contributed by atoms with van der Waals surface area (Å²) in [5.41, 5.74) is 0.524. The fraction of sp³-hybridized carbons (Fsp3) is 1.00. The molecule has 0 aromatic rings. The van der Waals surface area contributed by atoms with E-state index in [0.29, 0.717) is 5.41 Å². The van der Waals surface area contributed by atoms with Crippen LogP contribution in [0.25, 0.3) is 0 Å². The first-order valence-electron chi connectivity index (χ1n) is 9.37. The SMILES string of the molecule is CCCNC1CC(C)CC(C)C1CN1CCCC(C)(C)C1. The van der Waals surface area contributed by atoms with E-state index in [2.05, 4.69) is 44.8 Å². The summed E-state index contributed by atoms with van der Waals surface area (Å²) < 4.78 is 0. The van der Waals surface area contributed by atoms with Gasteiger partial charge in [0.05, 0.1) is 0 Å². The van der Waals surface area contributed by atoms with Crippen LogP contribution >= 0.6 is 0 Å². The van der Waals surface area contributed by atoms with E-state index in [9.17, 15) is 0 Å². The second-order valence-corrected chi connectivity index (χ2v) is 8.78. The third kappa shape index (κ3) is 4.96. The first-order valence-corrected chi connectivity index (χ1v) is 9.37. The Morgan fingerprint density at radius 1 is 1.19 bits per heavy atom. The van der Waals surface area contributed by atoms with Crippen LogP contribution in [0.1, 0.15) is 66.7 Å². The molecule has 1 saturated heterocycles. The molecule has 0 bridgehead atoms. The number of rotatable bonds is 5. The second-order valence-electron chi connectivity index (χ2n) is 8.78. The van der Waals surface area contributed by atoms with Crippen molar-refractivity contribution in [2.75, 3.05) is 26.2 Å². The average molecular weight is 295 g/mol. The normalized spacial score (nSPS) is 37.6. The van der Waals surface area contributed by atoms with Crippen LogP contribution in [0.3, 0.4) is 0 Å². The summed E-state index contributed by atoms with van der Waals surface area (Å²) in [5.74, 6) is 2.61. The molecule has 1 aliphatic heterocycles. The van der Waals surface area contributed by atoms with Crippen molar-refractivity contribution in [2.24, 2.45) is 23.2 Å². The van der Waals surface area contributed by atoms with Gasteiger partial charge in [0.15, 0.2) is 0 Å². The predicted octanol–water partition coefficient (Wildman–Crippen LogP) is 4.16. The summed E-state index contributed by atoms with van der Waals surface area (Å²) in [4.78, 5) is 2.77. The Balaban J connectivity index is 1.96. The number of piperidine rings is 1. The van der Waals surface area contributed by atoms with Crippen LogP contribution in [0.2, 0.25) is 0 Å². The van der Waals surface area contributed by atoms with Crippen LogP contribution < -0.4 is 5.32 Å². The number of hydrogen-bond acceptors (Lipinski definition) is 2. The fourth-order valence-corrected chi connectivity index (χ4v) is 4.78. The number of likely N-dealkylation sites (tertiary alicyclic amines) is 1. The molecule has 0 spiro atoms. The summed E-state index contributed by atoms with van der Waals surface area (Å²) >= 11 is 0. The Labute approximate surface area is 133 Å². The molecule has 1 N–H and O–H groups in total. The van der Waals surface area contributed by atoms with E-state index < -0.39 is 0 Å². The van der Waals surface area contributed by atoms with Gasteiger partial charge in [-0.25, -0.2) is 0 Å². The largest absolute Gasteiger partial charge is 0.314 e. The van der Waals surface area contributed by atoms with Crippen LogP contribution in [-0.4, -0.2) is 37.1 Å². The van der Waals surface area contributed by atoms with E-state index in [4.69, 9.17) is 0 Å². The highest BCUT2D eigenvalue weighted by atomic mass is 15.1. The summed E-state index contributed by atoms with van der Waals surface area (Å²) in [6.45, 7) is 17.2. The van der Waals surface area contributed by atoms with Crippen LogP contribution in [0, 0.1) is 23.2 Å². The zero-order valence-corrected chi connectivity index (χ0v) is 15.1. The Kier molecular flexibility index (Phi) is 6.14. The summed E-state index contributed by atoms with van der Waals surface area (Å²) in [6.07, 6.45) is 6.84. The molecular formula is C19H38N2. The van der Waals surface area contributed by atoms with Gasteiger partial charge in [0.25, 0.3) is 0 Å². The summed E-state index contributed by atoms with van der Waals surface area (Å²) in [5, 5.41) is 3.87. The molecule has 2 aliphatic rings. The Morgan fingerprint density at radius 2 is 1.95 bits per heavy atom. The quantitative estimate of drug-likeness (QED) is 0.819. The van der Waals surface area contributed by atoms with Crippen LogP contribution in [0.4, 0.5) is 0 Å². The molecule has 2 nitrogen and oxygen atoms in total. The molecule has 124 valence electrons. The van der Waals surface area contributed by atoms with E-state index in [1.807, 2.05) is 0 Å². The monoisotopic (exact) mass is 294 g/mol. The highest BCUT2D eigenvalue weighted by molar-refractivity contribution is 4.91. The van der Waals surface area contributed by atoms with Gasteiger partial charge in [0, 0.05) is 19.1 Å². The minimum atomic E-state index is 0.524. The van der Waals surface area contributed by atoms with Gasteiger partial charge in [0.1, 0.15) is 0 Å². The van der Waals surface area contributed by atoms with E-state index in [0.717, 1.165) is 23.8 Å². The third-order valence-corrected chi connectivity index (χ3v) is 5.78. The zero-order valence-electron chi connectivity index (χ0n) is 15.1. The standard InChI is InChI=1S/C19H38N2/c1-6-9-20-18-12-15(2)11-16(3)17(18)13-21-10-7-8-19(4,5)14-21/h15-18,20H,6-14H2,1-5H3. The predicted molar refractivity (Wildman–Crippen MR) is 92.6 cm³/mol. The first kappa shape index (κ1) is 17.3. The fourth-order valence-electron chi connectivity index (χ4n) is 4.78. The lowest BCUT2D eigenvalue weighted by Crippen LogP contribution is -2.51. The number of hydrogen-bond donors (Lipinski definition) is 1. The molecule has 2 fully saturated rings. The van der Waals surface area contributed by atoms with Gasteiger partial charge in [0.2, 0.25) is 0 Å². The Bertz CT molecular complexity index is 313. The minimum absolute atomic E-state index is 0.524. The molecule has 0 aromatic heterocycles. The van der Waals surface area contributed by atoms with Crippen molar-refractivity contribution in [1.82, 2.24) is 10.2 Å². The molecule has 21 heavy (non-hydrogen) atoms. The first-order chi connectivity index (χ1) is 9.91. The van der Waals surface area contributed by atoms with Gasteiger partial charge < -0.3 is 10.2 Å². The van der Waals surface area contributed by atoms with Crippen molar-refractivity contribution >= 4 is 0 Å². The van der Waals surface area contributed by atoms with E-state index in [-0.39, 0.29) is 0 Å². The van der Waals surface area contributed by atoms with Gasteiger partial charge in [-0.3, -0.25) is 0 Å². The highest BCUT2D eigenvalue weighted by Crippen LogP contribution is 2.36. The molecule has 1 heterocycles. The lowest BCUT2D eigenvalue weighted by atomic mass is 9.71. The van der Waals surface area contributed by atoms with E-state index >= 15 is 0 Å². The molecule has 2 heteroatoms. The van der Waals surface area contributed by atoms with Crippen molar-refractivity contribution in [3.05, 3.63) is 0 Å². The summed E-state index contributed by atoms with van der Waals surface area (Å²) in [6, 6.07) is 0.744. The van der Waals surface area contributed by atoms with Gasteiger partial charge in [-0.15, -0.1) is 0 Å². The average Bonchev–Trinajstić information content (AvgIpc) is 2.38. The topological polar surface area (TPSA) is 15.3 Å². The maximum atomic E-state index is 3.87. The van der Waals surface area contributed by atoms with Gasteiger partial charge in [-0.2, -0.15) is 0 Å². The van der Waals surface area contributed by atoms with Crippen molar-refractivity contribution in [3.63, 3.8) is 0 Å². The molecule has 4 atom stereocenters. The summed E-state index contributed by atoms with van der Waals surface area (Å²) in [7, 11) is 0. The third-order valence-electron chi connectivity index (χ3n) is 5.78. The second kappa shape index (κ2) is 7.46. The molecule has 1 saturated carbocycles. The molecule has 4 unspecified atom stereocenters. The van der Waals surface area contributed by atoms with E-state index in [1.54, 1.807) is 0 Å². The van der Waals surface area contributed by atoms with Gasteiger partial charge in [-0.05, 0) is 68.4 Å². The highest BCUT2D eigenvalue weighted by Gasteiger charge is 2.36.